The van der Waals surface area contributed by atoms with E-state index in [4.69, 9.17) is 16.2 Å². The molecule has 294 valence electrons. The van der Waals surface area contributed by atoms with E-state index in [0.29, 0.717) is 37.0 Å². The molecule has 0 aromatic rings. The summed E-state index contributed by atoms with van der Waals surface area (Å²) in [7, 11) is 0. The molecule has 7 fully saturated rings. The lowest BCUT2D eigenvalue weighted by molar-refractivity contribution is -0.255. The Morgan fingerprint density at radius 1 is 0.885 bits per heavy atom. The fourth-order valence-electron chi connectivity index (χ4n) is 15.5. The van der Waals surface area contributed by atoms with Crippen molar-refractivity contribution in [1.29, 1.82) is 0 Å². The van der Waals surface area contributed by atoms with E-state index in [1.807, 2.05) is 0 Å². The van der Waals surface area contributed by atoms with E-state index < -0.39 is 0 Å². The van der Waals surface area contributed by atoms with Crippen molar-refractivity contribution in [2.24, 2.45) is 73.5 Å². The van der Waals surface area contributed by atoms with E-state index in [1.165, 1.54) is 44.2 Å². The fourth-order valence-corrected chi connectivity index (χ4v) is 15.5. The number of allylic oxidation sites excluding steroid dienone is 3. The third kappa shape index (κ3) is 6.34. The Morgan fingerprint density at radius 2 is 1.58 bits per heavy atom. The number of rotatable bonds is 9. The van der Waals surface area contributed by atoms with Crippen molar-refractivity contribution in [3.8, 4) is 0 Å². The number of aliphatic hydroxyl groups excluding tert-OH is 1. The number of amides is 1. The number of carbonyl (C=O) groups is 1. The number of fused-ring (bicyclic) bond motifs is 9. The summed E-state index contributed by atoms with van der Waals surface area (Å²) in [4.78, 5) is 12.5. The molecule has 6 saturated carbocycles. The minimum atomic E-state index is -0.338. The summed E-state index contributed by atoms with van der Waals surface area (Å²) in [6, 6.07) is 0.921. The van der Waals surface area contributed by atoms with Gasteiger partial charge in [0.2, 0.25) is 5.91 Å². The summed E-state index contributed by atoms with van der Waals surface area (Å²) < 4.78 is 6.75. The van der Waals surface area contributed by atoms with E-state index in [0.717, 1.165) is 69.1 Å². The van der Waals surface area contributed by atoms with Gasteiger partial charge in [-0.2, -0.15) is 0 Å². The fraction of sp³-hybridized carbons (Fsp3) is 0.848. The Kier molecular flexibility index (Phi) is 10.3. The number of nitrogens with one attached hydrogen (secondary N) is 1. The molecule has 1 heterocycles. The van der Waals surface area contributed by atoms with Crippen molar-refractivity contribution in [3.63, 3.8) is 0 Å². The van der Waals surface area contributed by atoms with Gasteiger partial charge >= 0.3 is 0 Å². The summed E-state index contributed by atoms with van der Waals surface area (Å²) in [6.45, 7) is 33.0. The first-order valence-electron chi connectivity index (χ1n) is 21.2. The molecule has 12 atom stereocenters. The standard InChI is InChI=1S/C40H66N2O3.C6H11N/c1-25(2)28-12-18-39(24-32(41)44)21-20-38(11)37(10)17-13-29-35(7,8)31(45-27(4)23-34(5,6)22-26(3)43)15-16-36(29,9)30(37)14-19-40(38,42)33(28)39;1-2-6-3-5(1)4-7-6/h28-31,33,43H,1,3-4,12-24,42H2,2,5-11H3,(H2,41,44);5-7H,1-4H2/t28-,29-,30+,31-,33-,36-,37+,38-,39+,40?;/m0./s1. The van der Waals surface area contributed by atoms with Crippen molar-refractivity contribution in [2.75, 3.05) is 6.54 Å². The van der Waals surface area contributed by atoms with Crippen molar-refractivity contribution in [2.45, 2.75) is 176 Å². The van der Waals surface area contributed by atoms with Gasteiger partial charge in [-0.3, -0.25) is 4.79 Å². The zero-order chi connectivity index (χ0) is 38.3. The lowest BCUT2D eigenvalue weighted by Crippen LogP contribution is -2.76. The van der Waals surface area contributed by atoms with Gasteiger partial charge in [-0.05, 0) is 154 Å². The Balaban J connectivity index is 0.000000584. The molecule has 6 heteroatoms. The van der Waals surface area contributed by atoms with Gasteiger partial charge in [0.15, 0.2) is 0 Å². The molecule has 2 bridgehead atoms. The summed E-state index contributed by atoms with van der Waals surface area (Å²) in [5.41, 5.74) is 14.9. The lowest BCUT2D eigenvalue weighted by atomic mass is 9.30. The number of carbonyl (C=O) groups excluding carboxylic acids is 1. The highest BCUT2D eigenvalue weighted by atomic mass is 16.5. The average molecular weight is 720 g/mol. The van der Waals surface area contributed by atoms with Gasteiger partial charge in [0.1, 0.15) is 6.10 Å². The molecule has 6 aliphatic carbocycles. The first kappa shape index (κ1) is 39.9. The van der Waals surface area contributed by atoms with Gasteiger partial charge in [-0.1, -0.05) is 73.8 Å². The van der Waals surface area contributed by atoms with Crippen LogP contribution in [-0.4, -0.2) is 35.2 Å². The molecule has 0 aromatic carbocycles. The first-order chi connectivity index (χ1) is 24.0. The highest BCUT2D eigenvalue weighted by Gasteiger charge is 2.75. The van der Waals surface area contributed by atoms with E-state index in [-0.39, 0.29) is 61.7 Å². The topological polar surface area (TPSA) is 111 Å². The Morgan fingerprint density at radius 3 is 2.12 bits per heavy atom. The molecule has 52 heavy (non-hydrogen) atoms. The van der Waals surface area contributed by atoms with Crippen LogP contribution in [0.1, 0.15) is 158 Å². The van der Waals surface area contributed by atoms with Crippen LogP contribution >= 0.6 is 0 Å². The Bertz CT molecular complexity index is 1420. The van der Waals surface area contributed by atoms with E-state index >= 15 is 0 Å². The number of hydrogen-bond acceptors (Lipinski definition) is 5. The van der Waals surface area contributed by atoms with Crippen LogP contribution in [0.15, 0.2) is 36.8 Å². The van der Waals surface area contributed by atoms with Gasteiger partial charge in [0.25, 0.3) is 0 Å². The number of ether oxygens (including phenoxy) is 1. The van der Waals surface area contributed by atoms with Gasteiger partial charge in [-0.25, -0.2) is 0 Å². The average Bonchev–Trinajstić information content (AvgIpc) is 3.76. The number of hydrogen-bond donors (Lipinski definition) is 4. The highest BCUT2D eigenvalue weighted by Crippen LogP contribution is 2.78. The minimum absolute atomic E-state index is 0.0137. The van der Waals surface area contributed by atoms with Crippen molar-refractivity contribution >= 4 is 5.91 Å². The van der Waals surface area contributed by atoms with E-state index in [2.05, 4.69) is 80.4 Å². The second kappa shape index (κ2) is 13.5. The molecule has 0 spiro atoms. The zero-order valence-electron chi connectivity index (χ0n) is 34.6. The van der Waals surface area contributed by atoms with Gasteiger partial charge in [0.05, 0.1) is 11.5 Å². The van der Waals surface area contributed by atoms with Crippen molar-refractivity contribution in [3.05, 3.63) is 36.8 Å². The van der Waals surface area contributed by atoms with E-state index in [9.17, 15) is 9.90 Å². The van der Waals surface area contributed by atoms with Crippen LogP contribution in [0.5, 0.6) is 0 Å². The molecule has 6 N–H and O–H groups in total. The zero-order valence-corrected chi connectivity index (χ0v) is 34.6. The van der Waals surface area contributed by atoms with Crippen LogP contribution in [-0.2, 0) is 9.53 Å². The number of aliphatic hydroxyl groups is 1. The van der Waals surface area contributed by atoms with Gasteiger partial charge in [0, 0.05) is 36.3 Å². The van der Waals surface area contributed by atoms with E-state index in [1.54, 1.807) is 0 Å². The molecule has 7 rings (SSSR count). The minimum Gasteiger partial charge on any atom is -0.513 e. The molecule has 1 saturated heterocycles. The molecule has 1 amide bonds. The number of primary amides is 1. The third-order valence-corrected chi connectivity index (χ3v) is 17.9. The predicted octanol–water partition coefficient (Wildman–Crippen LogP) is 10.1. The Hall–Kier alpha value is -1.79. The summed E-state index contributed by atoms with van der Waals surface area (Å²) >= 11 is 0. The van der Waals surface area contributed by atoms with Crippen LogP contribution in [0.3, 0.4) is 0 Å². The molecule has 0 aromatic heterocycles. The van der Waals surface area contributed by atoms with Crippen LogP contribution in [0.2, 0.25) is 0 Å². The van der Waals surface area contributed by atoms with Crippen molar-refractivity contribution < 1.29 is 14.6 Å². The van der Waals surface area contributed by atoms with Gasteiger partial charge < -0.3 is 26.6 Å². The second-order valence-electron chi connectivity index (χ2n) is 21.8. The quantitative estimate of drug-likeness (QED) is 0.140. The van der Waals surface area contributed by atoms with Crippen LogP contribution in [0.4, 0.5) is 0 Å². The van der Waals surface area contributed by atoms with Crippen LogP contribution < -0.4 is 16.8 Å². The third-order valence-electron chi connectivity index (χ3n) is 17.9. The lowest BCUT2D eigenvalue weighted by Gasteiger charge is -2.75. The first-order valence-corrected chi connectivity index (χ1v) is 21.2. The Labute approximate surface area is 317 Å². The maximum atomic E-state index is 12.5. The molecule has 0 radical (unpaired) electrons. The number of piperidine rings is 1. The summed E-state index contributed by atoms with van der Waals surface area (Å²) in [5, 5.41) is 13.3. The molecule has 6 nitrogen and oxygen atoms in total. The predicted molar refractivity (Wildman–Crippen MR) is 214 cm³/mol. The smallest absolute Gasteiger partial charge is 0.217 e. The maximum absolute atomic E-state index is 12.5. The second-order valence-corrected chi connectivity index (χ2v) is 21.8. The van der Waals surface area contributed by atoms with Crippen LogP contribution in [0.25, 0.3) is 0 Å². The summed E-state index contributed by atoms with van der Waals surface area (Å²) in [5.74, 6) is 3.70. The largest absolute Gasteiger partial charge is 0.513 e. The van der Waals surface area contributed by atoms with Crippen LogP contribution in [0, 0.1) is 62.1 Å². The highest BCUT2D eigenvalue weighted by molar-refractivity contribution is 5.74. The van der Waals surface area contributed by atoms with Gasteiger partial charge in [-0.15, -0.1) is 0 Å². The molecule has 1 aliphatic heterocycles. The number of nitrogens with two attached hydrogens (primary N) is 2. The molecule has 3 unspecified atom stereocenters. The van der Waals surface area contributed by atoms with Crippen molar-refractivity contribution in [1.82, 2.24) is 5.32 Å². The monoisotopic (exact) mass is 720 g/mol. The SMILES string of the molecule is C1CC2CC1CN2.C=C(O)CC(C)(C)CC(=C)O[C@H]1CC[C@]2(C)[C@H]3CCC4(N)[C@H]5[C@H](C(=C)C)CC[C@]5(CC(N)=O)CC[C@@]4(C)[C@]3(C)CC[C@H]2C1(C)C. The normalized spacial score (nSPS) is 45.7. The molecular weight excluding hydrogens is 643 g/mol. The summed E-state index contributed by atoms with van der Waals surface area (Å²) in [6.07, 6.45) is 17.2. The molecular formula is C46H77N3O3. The maximum Gasteiger partial charge on any atom is 0.217 e. The molecule has 7 aliphatic rings.